The summed E-state index contributed by atoms with van der Waals surface area (Å²) >= 11 is 0. The fourth-order valence-corrected chi connectivity index (χ4v) is 1.15. The van der Waals surface area contributed by atoms with Crippen LogP contribution in [0.3, 0.4) is 0 Å². The lowest BCUT2D eigenvalue weighted by Gasteiger charge is -2.21. The number of nitrogens with zero attached hydrogens (tertiary/aromatic N) is 1. The maximum Gasteiger partial charge on any atom is 0.0621 e. The van der Waals surface area contributed by atoms with Crippen molar-refractivity contribution >= 4 is 8.07 Å². The molecule has 52 valence electrons. The molecule has 0 N–H and O–H groups in total. The first kappa shape index (κ1) is 8.71. The SMILES string of the molecule is C[C@@H](CC#N)[Si](C)(C)C. The Hall–Kier alpha value is -0.293. The summed E-state index contributed by atoms with van der Waals surface area (Å²) in [7, 11) is -1.00. The van der Waals surface area contributed by atoms with Gasteiger partial charge in [0.1, 0.15) is 0 Å². The van der Waals surface area contributed by atoms with Gasteiger partial charge in [0.15, 0.2) is 0 Å². The molecule has 1 atom stereocenters. The van der Waals surface area contributed by atoms with E-state index in [1.54, 1.807) is 0 Å². The summed E-state index contributed by atoms with van der Waals surface area (Å²) in [6.45, 7) is 9.08. The molecule has 0 fully saturated rings. The van der Waals surface area contributed by atoms with Gasteiger partial charge < -0.3 is 0 Å². The Balaban J connectivity index is 3.76. The zero-order valence-corrected chi connectivity index (χ0v) is 7.73. The van der Waals surface area contributed by atoms with Crippen molar-refractivity contribution in [2.75, 3.05) is 0 Å². The van der Waals surface area contributed by atoms with Gasteiger partial charge in [-0.05, 0) is 5.54 Å². The van der Waals surface area contributed by atoms with Crippen LogP contribution in [0.15, 0.2) is 0 Å². The molecule has 0 heterocycles. The van der Waals surface area contributed by atoms with Crippen molar-refractivity contribution in [3.05, 3.63) is 0 Å². The summed E-state index contributed by atoms with van der Waals surface area (Å²) in [6, 6.07) is 2.21. The maximum atomic E-state index is 8.37. The second kappa shape index (κ2) is 3.02. The van der Waals surface area contributed by atoms with E-state index in [1.165, 1.54) is 0 Å². The molecule has 0 unspecified atom stereocenters. The van der Waals surface area contributed by atoms with Gasteiger partial charge in [0.2, 0.25) is 0 Å². The van der Waals surface area contributed by atoms with Gasteiger partial charge in [0, 0.05) is 14.5 Å². The van der Waals surface area contributed by atoms with E-state index in [0.717, 1.165) is 6.42 Å². The second-order valence-corrected chi connectivity index (χ2v) is 9.35. The largest absolute Gasteiger partial charge is 0.198 e. The molecule has 0 rings (SSSR count). The molecule has 0 aromatic rings. The van der Waals surface area contributed by atoms with Crippen molar-refractivity contribution in [1.82, 2.24) is 0 Å². The molecule has 1 nitrogen and oxygen atoms in total. The molecule has 0 aromatic heterocycles. The van der Waals surface area contributed by atoms with E-state index in [4.69, 9.17) is 5.26 Å². The highest BCUT2D eigenvalue weighted by atomic mass is 28.3. The molecule has 0 aliphatic heterocycles. The minimum Gasteiger partial charge on any atom is -0.198 e. The zero-order chi connectivity index (χ0) is 7.49. The van der Waals surface area contributed by atoms with Crippen LogP contribution in [-0.4, -0.2) is 8.07 Å². The van der Waals surface area contributed by atoms with Crippen molar-refractivity contribution < 1.29 is 0 Å². The Morgan fingerprint density at radius 1 is 1.44 bits per heavy atom. The lowest BCUT2D eigenvalue weighted by Crippen LogP contribution is -2.25. The van der Waals surface area contributed by atoms with Crippen molar-refractivity contribution in [2.24, 2.45) is 0 Å². The van der Waals surface area contributed by atoms with E-state index in [0.29, 0.717) is 5.54 Å². The van der Waals surface area contributed by atoms with Crippen molar-refractivity contribution in [1.29, 1.82) is 5.26 Å². The monoisotopic (exact) mass is 141 g/mol. The van der Waals surface area contributed by atoms with E-state index in [2.05, 4.69) is 32.6 Å². The topological polar surface area (TPSA) is 23.8 Å². The molecular formula is C7H15NSi. The van der Waals surface area contributed by atoms with Crippen LogP contribution in [-0.2, 0) is 0 Å². The smallest absolute Gasteiger partial charge is 0.0621 e. The van der Waals surface area contributed by atoms with Gasteiger partial charge in [0.25, 0.3) is 0 Å². The quantitative estimate of drug-likeness (QED) is 0.542. The highest BCUT2D eigenvalue weighted by molar-refractivity contribution is 6.77. The molecule has 0 bridgehead atoms. The van der Waals surface area contributed by atoms with E-state index in [-0.39, 0.29) is 0 Å². The summed E-state index contributed by atoms with van der Waals surface area (Å²) in [5.74, 6) is 0. The normalized spacial score (nSPS) is 14.6. The Morgan fingerprint density at radius 2 is 1.89 bits per heavy atom. The van der Waals surface area contributed by atoms with Crippen molar-refractivity contribution in [3.63, 3.8) is 0 Å². The molecule has 0 radical (unpaired) electrons. The molecule has 0 aliphatic carbocycles. The Morgan fingerprint density at radius 3 is 2.00 bits per heavy atom. The highest BCUT2D eigenvalue weighted by Crippen LogP contribution is 2.23. The molecule has 0 saturated heterocycles. The van der Waals surface area contributed by atoms with Gasteiger partial charge >= 0.3 is 0 Å². The molecular weight excluding hydrogens is 126 g/mol. The fraction of sp³-hybridized carbons (Fsp3) is 0.857. The Bertz CT molecular complexity index is 118. The number of hydrogen-bond acceptors (Lipinski definition) is 1. The first-order valence-electron chi connectivity index (χ1n) is 3.35. The van der Waals surface area contributed by atoms with Gasteiger partial charge in [-0.1, -0.05) is 26.6 Å². The highest BCUT2D eigenvalue weighted by Gasteiger charge is 2.21. The van der Waals surface area contributed by atoms with Crippen molar-refractivity contribution in [2.45, 2.75) is 38.5 Å². The standard InChI is InChI=1S/C7H15NSi/c1-7(5-6-8)9(2,3)4/h7H,5H2,1-4H3/t7-/m0/s1. The first-order valence-corrected chi connectivity index (χ1v) is 6.93. The summed E-state index contributed by atoms with van der Waals surface area (Å²) in [5, 5.41) is 8.37. The third-order valence-corrected chi connectivity index (χ3v) is 5.04. The second-order valence-electron chi connectivity index (χ2n) is 3.63. The lowest BCUT2D eigenvalue weighted by molar-refractivity contribution is 0.914. The maximum absolute atomic E-state index is 8.37. The summed E-state index contributed by atoms with van der Waals surface area (Å²) in [5.41, 5.74) is 0.641. The van der Waals surface area contributed by atoms with Crippen LogP contribution in [0.5, 0.6) is 0 Å². The van der Waals surface area contributed by atoms with Gasteiger partial charge in [-0.15, -0.1) is 0 Å². The molecule has 0 spiro atoms. The Kier molecular flexibility index (Phi) is 2.93. The number of hydrogen-bond donors (Lipinski definition) is 0. The summed E-state index contributed by atoms with van der Waals surface area (Å²) < 4.78 is 0. The number of nitriles is 1. The van der Waals surface area contributed by atoms with Gasteiger partial charge in [0.05, 0.1) is 6.07 Å². The van der Waals surface area contributed by atoms with E-state index >= 15 is 0 Å². The minimum absolute atomic E-state index is 0.641. The van der Waals surface area contributed by atoms with E-state index in [9.17, 15) is 0 Å². The molecule has 9 heavy (non-hydrogen) atoms. The molecule has 0 saturated carbocycles. The predicted molar refractivity (Wildman–Crippen MR) is 43.0 cm³/mol. The summed E-state index contributed by atoms with van der Waals surface area (Å²) in [6.07, 6.45) is 0.732. The van der Waals surface area contributed by atoms with Crippen LogP contribution >= 0.6 is 0 Å². The minimum atomic E-state index is -1.00. The average Bonchev–Trinajstić information content (AvgIpc) is 1.64. The van der Waals surface area contributed by atoms with Crippen LogP contribution in [0.1, 0.15) is 13.3 Å². The zero-order valence-electron chi connectivity index (χ0n) is 6.73. The molecule has 2 heteroatoms. The molecule has 0 amide bonds. The van der Waals surface area contributed by atoms with E-state index < -0.39 is 8.07 Å². The van der Waals surface area contributed by atoms with Crippen LogP contribution in [0, 0.1) is 11.3 Å². The van der Waals surface area contributed by atoms with Crippen LogP contribution < -0.4 is 0 Å². The predicted octanol–water partition coefficient (Wildman–Crippen LogP) is 2.63. The number of rotatable bonds is 2. The first-order chi connectivity index (χ1) is 3.98. The molecule has 0 aliphatic rings. The lowest BCUT2D eigenvalue weighted by atomic mass is 10.4. The third kappa shape index (κ3) is 3.31. The van der Waals surface area contributed by atoms with Crippen LogP contribution in [0.25, 0.3) is 0 Å². The molecule has 0 aromatic carbocycles. The van der Waals surface area contributed by atoms with Crippen molar-refractivity contribution in [3.8, 4) is 6.07 Å². The van der Waals surface area contributed by atoms with Gasteiger partial charge in [-0.25, -0.2) is 0 Å². The van der Waals surface area contributed by atoms with Crippen LogP contribution in [0.2, 0.25) is 25.2 Å². The Labute approximate surface area is 58.7 Å². The third-order valence-electron chi connectivity index (χ3n) is 1.88. The fourth-order valence-electron chi connectivity index (χ4n) is 0.443. The average molecular weight is 141 g/mol. The van der Waals surface area contributed by atoms with Gasteiger partial charge in [-0.3, -0.25) is 0 Å². The van der Waals surface area contributed by atoms with Gasteiger partial charge in [-0.2, -0.15) is 5.26 Å². The van der Waals surface area contributed by atoms with E-state index in [1.807, 2.05) is 0 Å². The summed E-state index contributed by atoms with van der Waals surface area (Å²) in [4.78, 5) is 0. The van der Waals surface area contributed by atoms with Crippen LogP contribution in [0.4, 0.5) is 0 Å².